The van der Waals surface area contributed by atoms with Crippen LogP contribution in [0.5, 0.6) is 0 Å². The number of amides is 1. The monoisotopic (exact) mass is 350 g/mol. The molecule has 0 radical (unpaired) electrons. The Morgan fingerprint density at radius 3 is 2.62 bits per heavy atom. The number of nitrogens with one attached hydrogen (secondary N) is 2. The fourth-order valence-electron chi connectivity index (χ4n) is 4.15. The van der Waals surface area contributed by atoms with Crippen molar-refractivity contribution in [3.05, 3.63) is 34.5 Å². The van der Waals surface area contributed by atoms with Gasteiger partial charge >= 0.3 is 0 Å². The predicted octanol–water partition coefficient (Wildman–Crippen LogP) is 3.45. The number of nitrogens with zero attached hydrogens (tertiary/aromatic N) is 1. The highest BCUT2D eigenvalue weighted by molar-refractivity contribution is 6.04. The van der Waals surface area contributed by atoms with Gasteiger partial charge in [-0.3, -0.25) is 9.78 Å². The van der Waals surface area contributed by atoms with Gasteiger partial charge in [0, 0.05) is 28.8 Å². The van der Waals surface area contributed by atoms with Crippen molar-refractivity contribution in [3.8, 4) is 0 Å². The number of aryl methyl sites for hydroxylation is 1. The molecule has 1 amide bonds. The van der Waals surface area contributed by atoms with Gasteiger partial charge in [-0.25, -0.2) is 0 Å². The third kappa shape index (κ3) is 2.75. The maximum Gasteiger partial charge on any atom is 0.223 e. The first-order valence-electron chi connectivity index (χ1n) is 9.49. The molecule has 1 saturated carbocycles. The number of aromatic nitrogens is 1. The molecule has 5 heteroatoms. The van der Waals surface area contributed by atoms with Crippen LogP contribution in [0.4, 0.5) is 5.69 Å². The number of hydrogen-bond donors (Lipinski definition) is 3. The summed E-state index contributed by atoms with van der Waals surface area (Å²) in [5.41, 5.74) is 11.3. The van der Waals surface area contributed by atoms with Crippen LogP contribution in [0.1, 0.15) is 61.9 Å². The lowest BCUT2D eigenvalue weighted by molar-refractivity contribution is -0.124. The van der Waals surface area contributed by atoms with Gasteiger partial charge in [0.15, 0.2) is 0 Å². The van der Waals surface area contributed by atoms with Gasteiger partial charge in [-0.05, 0) is 75.6 Å². The standard InChI is InChI=1S/C21H26N4O/c1-21(2,25-20(26)12-7-8-12)19-14-6-4-3-5-13(14)18-15(11-22)16(23)9-10-17(18)24-19/h9-12,22H,3-8,23H2,1-2H3,(H,25,26). The van der Waals surface area contributed by atoms with Crippen LogP contribution in [-0.2, 0) is 23.2 Å². The third-order valence-corrected chi connectivity index (χ3v) is 5.67. The highest BCUT2D eigenvalue weighted by Crippen LogP contribution is 2.38. The van der Waals surface area contributed by atoms with Crippen LogP contribution in [-0.4, -0.2) is 17.1 Å². The van der Waals surface area contributed by atoms with E-state index in [2.05, 4.69) is 5.32 Å². The van der Waals surface area contributed by atoms with Crippen LogP contribution in [0.15, 0.2) is 12.1 Å². The van der Waals surface area contributed by atoms with E-state index in [9.17, 15) is 4.79 Å². The molecule has 2 aromatic rings. The number of pyridine rings is 1. The number of nitrogen functional groups attached to an aromatic ring is 1. The summed E-state index contributed by atoms with van der Waals surface area (Å²) in [5.74, 6) is 0.314. The Labute approximate surface area is 153 Å². The van der Waals surface area contributed by atoms with Crippen molar-refractivity contribution in [2.24, 2.45) is 5.92 Å². The minimum absolute atomic E-state index is 0.138. The molecule has 0 unspecified atom stereocenters. The molecule has 0 spiro atoms. The molecule has 2 aliphatic carbocycles. The highest BCUT2D eigenvalue weighted by atomic mass is 16.2. The minimum atomic E-state index is -0.512. The Balaban J connectivity index is 1.91. The van der Waals surface area contributed by atoms with Gasteiger partial charge in [-0.1, -0.05) is 0 Å². The average molecular weight is 350 g/mol. The topological polar surface area (TPSA) is 91.9 Å². The maximum atomic E-state index is 12.4. The largest absolute Gasteiger partial charge is 0.398 e. The molecule has 4 N–H and O–H groups in total. The number of anilines is 1. The molecule has 1 fully saturated rings. The summed E-state index contributed by atoms with van der Waals surface area (Å²) in [6.07, 6.45) is 7.52. The van der Waals surface area contributed by atoms with Gasteiger partial charge in [0.25, 0.3) is 0 Å². The number of nitrogens with two attached hydrogens (primary N) is 1. The molecule has 4 rings (SSSR count). The summed E-state index contributed by atoms with van der Waals surface area (Å²) in [6.45, 7) is 4.09. The molecular formula is C21H26N4O. The summed E-state index contributed by atoms with van der Waals surface area (Å²) >= 11 is 0. The van der Waals surface area contributed by atoms with Crippen molar-refractivity contribution in [2.45, 2.75) is 57.9 Å². The van der Waals surface area contributed by atoms with Crippen LogP contribution >= 0.6 is 0 Å². The Bertz CT molecular complexity index is 912. The Hall–Kier alpha value is -2.43. The molecule has 5 nitrogen and oxygen atoms in total. The van der Waals surface area contributed by atoms with Crippen molar-refractivity contribution < 1.29 is 4.79 Å². The fraction of sp³-hybridized carbons (Fsp3) is 0.476. The molecule has 1 heterocycles. The van der Waals surface area contributed by atoms with E-state index < -0.39 is 5.54 Å². The maximum absolute atomic E-state index is 12.4. The number of benzene rings is 1. The van der Waals surface area contributed by atoms with E-state index in [1.165, 1.54) is 17.3 Å². The summed E-state index contributed by atoms with van der Waals surface area (Å²) < 4.78 is 0. The number of rotatable bonds is 4. The fourth-order valence-corrected chi connectivity index (χ4v) is 4.15. The zero-order chi connectivity index (χ0) is 18.5. The number of fused-ring (bicyclic) bond motifs is 3. The van der Waals surface area contributed by atoms with Crippen molar-refractivity contribution >= 4 is 28.7 Å². The molecule has 1 aromatic carbocycles. The second-order valence-corrected chi connectivity index (χ2v) is 8.12. The van der Waals surface area contributed by atoms with Crippen LogP contribution in [0, 0.1) is 11.3 Å². The van der Waals surface area contributed by atoms with Gasteiger partial charge in [-0.2, -0.15) is 0 Å². The van der Waals surface area contributed by atoms with E-state index >= 15 is 0 Å². The summed E-state index contributed by atoms with van der Waals surface area (Å²) in [5, 5.41) is 12.1. The summed E-state index contributed by atoms with van der Waals surface area (Å²) in [6, 6.07) is 3.76. The highest BCUT2D eigenvalue weighted by Gasteiger charge is 2.36. The predicted molar refractivity (Wildman–Crippen MR) is 105 cm³/mol. The zero-order valence-corrected chi connectivity index (χ0v) is 15.5. The lowest BCUT2D eigenvalue weighted by Gasteiger charge is -2.32. The Morgan fingerprint density at radius 2 is 1.96 bits per heavy atom. The van der Waals surface area contributed by atoms with Crippen LogP contribution in [0.3, 0.4) is 0 Å². The third-order valence-electron chi connectivity index (χ3n) is 5.67. The zero-order valence-electron chi connectivity index (χ0n) is 15.5. The van der Waals surface area contributed by atoms with Gasteiger partial charge < -0.3 is 16.5 Å². The first-order valence-corrected chi connectivity index (χ1v) is 9.49. The molecule has 2 aliphatic rings. The molecule has 0 bridgehead atoms. The molecule has 26 heavy (non-hydrogen) atoms. The summed E-state index contributed by atoms with van der Waals surface area (Å²) in [7, 11) is 0. The van der Waals surface area contributed by atoms with E-state index in [4.69, 9.17) is 16.1 Å². The second kappa shape index (κ2) is 6.08. The number of hydrogen-bond acceptors (Lipinski definition) is 4. The van der Waals surface area contributed by atoms with Gasteiger partial charge in [0.2, 0.25) is 5.91 Å². The lowest BCUT2D eigenvalue weighted by atomic mass is 9.82. The number of carbonyl (C=O) groups excluding carboxylic acids is 1. The lowest BCUT2D eigenvalue weighted by Crippen LogP contribution is -2.43. The van der Waals surface area contributed by atoms with Gasteiger partial charge in [0.05, 0.1) is 16.7 Å². The summed E-state index contributed by atoms with van der Waals surface area (Å²) in [4.78, 5) is 17.4. The molecule has 0 aliphatic heterocycles. The van der Waals surface area contributed by atoms with E-state index in [0.29, 0.717) is 5.69 Å². The number of carbonyl (C=O) groups is 1. The van der Waals surface area contributed by atoms with E-state index in [-0.39, 0.29) is 11.8 Å². The Kier molecular flexibility index (Phi) is 3.98. The first-order chi connectivity index (χ1) is 12.4. The molecule has 0 atom stereocenters. The molecule has 1 aromatic heterocycles. The van der Waals surface area contributed by atoms with E-state index in [1.54, 1.807) is 0 Å². The smallest absolute Gasteiger partial charge is 0.223 e. The SMILES string of the molecule is CC(C)(NC(=O)C1CC1)c1nc2ccc(N)c(C=N)c2c2c1CCCC2. The van der Waals surface area contributed by atoms with Crippen LogP contribution in [0.2, 0.25) is 0 Å². The molecular weight excluding hydrogens is 324 g/mol. The second-order valence-electron chi connectivity index (χ2n) is 8.12. The normalized spacial score (nSPS) is 17.0. The van der Waals surface area contributed by atoms with Crippen molar-refractivity contribution in [3.63, 3.8) is 0 Å². The van der Waals surface area contributed by atoms with E-state index in [0.717, 1.165) is 60.7 Å². The molecule has 136 valence electrons. The van der Waals surface area contributed by atoms with Gasteiger partial charge in [0.1, 0.15) is 0 Å². The van der Waals surface area contributed by atoms with Crippen molar-refractivity contribution in [1.29, 1.82) is 5.41 Å². The minimum Gasteiger partial charge on any atom is -0.398 e. The van der Waals surface area contributed by atoms with Gasteiger partial charge in [-0.15, -0.1) is 0 Å². The molecule has 0 saturated heterocycles. The first kappa shape index (κ1) is 17.0. The van der Waals surface area contributed by atoms with Crippen LogP contribution < -0.4 is 11.1 Å². The average Bonchev–Trinajstić information content (AvgIpc) is 3.46. The Morgan fingerprint density at radius 1 is 1.27 bits per heavy atom. The van der Waals surface area contributed by atoms with Crippen molar-refractivity contribution in [2.75, 3.05) is 5.73 Å². The van der Waals surface area contributed by atoms with Crippen LogP contribution in [0.25, 0.3) is 10.9 Å². The van der Waals surface area contributed by atoms with E-state index in [1.807, 2.05) is 26.0 Å². The quantitative estimate of drug-likeness (QED) is 0.582. The van der Waals surface area contributed by atoms with Crippen molar-refractivity contribution in [1.82, 2.24) is 10.3 Å².